The van der Waals surface area contributed by atoms with Gasteiger partial charge in [-0.1, -0.05) is 45.1 Å². The molecule has 0 unspecified atom stereocenters. The van der Waals surface area contributed by atoms with Gasteiger partial charge in [0.25, 0.3) is 0 Å². The molecule has 25 heavy (non-hydrogen) atoms. The molecule has 1 aromatic rings. The minimum Gasteiger partial charge on any atom is -0.478 e. The van der Waals surface area contributed by atoms with Crippen molar-refractivity contribution in [2.75, 3.05) is 6.26 Å². The van der Waals surface area contributed by atoms with Crippen molar-refractivity contribution >= 4 is 29.9 Å². The molecule has 2 nitrogen and oxygen atoms in total. The molecule has 0 fully saturated rings. The number of thioether (sulfide) groups is 1. The summed E-state index contributed by atoms with van der Waals surface area (Å²) in [7, 11) is 0. The Morgan fingerprint density at radius 1 is 1.28 bits per heavy atom. The number of allylic oxidation sites excluding steroid dienone is 2. The Balaban J connectivity index is 0.00000151. The van der Waals surface area contributed by atoms with Crippen LogP contribution < -0.4 is 0 Å². The van der Waals surface area contributed by atoms with Crippen molar-refractivity contribution in [1.29, 1.82) is 0 Å². The van der Waals surface area contributed by atoms with Gasteiger partial charge in [-0.05, 0) is 73.3 Å². The number of aliphatic carboxylic acids is 1. The van der Waals surface area contributed by atoms with E-state index in [0.29, 0.717) is 12.0 Å². The minimum absolute atomic E-state index is 0.507. The molecule has 0 bridgehead atoms. The lowest BCUT2D eigenvalue weighted by Gasteiger charge is -2.19. The fourth-order valence-corrected chi connectivity index (χ4v) is 3.78. The molecule has 0 aliphatic heterocycles. The van der Waals surface area contributed by atoms with Crippen LogP contribution in [0, 0.1) is 6.92 Å². The van der Waals surface area contributed by atoms with Gasteiger partial charge in [0, 0.05) is 10.5 Å². The summed E-state index contributed by atoms with van der Waals surface area (Å²) in [5, 5.41) is 9.17. The molecule has 0 spiro atoms. The van der Waals surface area contributed by atoms with E-state index in [0.717, 1.165) is 18.4 Å². The Morgan fingerprint density at radius 3 is 2.48 bits per heavy atom. The van der Waals surface area contributed by atoms with Gasteiger partial charge < -0.3 is 5.11 Å². The summed E-state index contributed by atoms with van der Waals surface area (Å²) in [6.07, 6.45) is 10.8. The van der Waals surface area contributed by atoms with Gasteiger partial charge in [0.05, 0.1) is 0 Å². The standard InChI is InChI=1S/C20H24O2S.C2H6/c1-5-14(19(6-2)23-4)11-15-7-8-16-12-17(20(21)22)9-10-18(16)13(15)3;1-2/h6-8,11-12H,5,9-10H2,1-4H3,(H,21,22);1-2H3/b14-11+,19-6-;. The van der Waals surface area contributed by atoms with Crippen LogP contribution in [0.4, 0.5) is 0 Å². The highest BCUT2D eigenvalue weighted by atomic mass is 32.2. The molecule has 1 N–H and O–H groups in total. The van der Waals surface area contributed by atoms with Gasteiger partial charge in [0.15, 0.2) is 0 Å². The van der Waals surface area contributed by atoms with Crippen LogP contribution in [-0.4, -0.2) is 17.3 Å². The van der Waals surface area contributed by atoms with E-state index >= 15 is 0 Å². The van der Waals surface area contributed by atoms with Crippen LogP contribution in [-0.2, 0) is 11.2 Å². The zero-order valence-electron chi connectivity index (χ0n) is 16.3. The van der Waals surface area contributed by atoms with E-state index in [4.69, 9.17) is 5.11 Å². The van der Waals surface area contributed by atoms with Crippen molar-refractivity contribution in [1.82, 2.24) is 0 Å². The van der Waals surface area contributed by atoms with Gasteiger partial charge >= 0.3 is 5.97 Å². The van der Waals surface area contributed by atoms with Crippen LogP contribution >= 0.6 is 11.8 Å². The Hall–Kier alpha value is -1.74. The monoisotopic (exact) mass is 358 g/mol. The van der Waals surface area contributed by atoms with Crippen molar-refractivity contribution in [2.45, 2.75) is 53.9 Å². The van der Waals surface area contributed by atoms with Crippen molar-refractivity contribution in [3.05, 3.63) is 56.5 Å². The van der Waals surface area contributed by atoms with E-state index < -0.39 is 5.97 Å². The van der Waals surface area contributed by atoms with Crippen LogP contribution in [0.25, 0.3) is 12.2 Å². The van der Waals surface area contributed by atoms with Crippen molar-refractivity contribution in [3.8, 4) is 0 Å². The number of carbonyl (C=O) groups is 1. The molecule has 2 rings (SSSR count). The first-order valence-electron chi connectivity index (χ1n) is 8.99. The normalized spacial score (nSPS) is 14.2. The van der Waals surface area contributed by atoms with Crippen LogP contribution in [0.3, 0.4) is 0 Å². The highest BCUT2D eigenvalue weighted by Crippen LogP contribution is 2.32. The van der Waals surface area contributed by atoms with Gasteiger partial charge in [-0.2, -0.15) is 0 Å². The average Bonchev–Trinajstić information content (AvgIpc) is 2.64. The highest BCUT2D eigenvalue weighted by molar-refractivity contribution is 8.02. The maximum absolute atomic E-state index is 11.2. The second-order valence-corrected chi connectivity index (χ2v) is 6.55. The van der Waals surface area contributed by atoms with Crippen molar-refractivity contribution in [2.24, 2.45) is 0 Å². The maximum atomic E-state index is 11.2. The first kappa shape index (κ1) is 21.3. The second kappa shape index (κ2) is 10.3. The summed E-state index contributed by atoms with van der Waals surface area (Å²) in [5.74, 6) is -0.803. The molecule has 1 aromatic carbocycles. The zero-order valence-corrected chi connectivity index (χ0v) is 17.1. The Morgan fingerprint density at radius 2 is 1.96 bits per heavy atom. The van der Waals surface area contributed by atoms with E-state index in [9.17, 15) is 4.79 Å². The first-order chi connectivity index (χ1) is 12.0. The van der Waals surface area contributed by atoms with Gasteiger partial charge in [-0.25, -0.2) is 4.79 Å². The number of benzene rings is 1. The molecule has 1 aliphatic carbocycles. The molecule has 1 aliphatic rings. The summed E-state index contributed by atoms with van der Waals surface area (Å²) in [5.41, 5.74) is 6.70. The molecule has 0 atom stereocenters. The molecule has 0 saturated heterocycles. The SMILES string of the molecule is C/C=C(SC)/C(=C/c1ccc2c(c1C)CCC(C(=O)O)=C2)CC.CC. The number of hydrogen-bond donors (Lipinski definition) is 1. The van der Waals surface area contributed by atoms with Crippen LogP contribution in [0.2, 0.25) is 0 Å². The van der Waals surface area contributed by atoms with Crippen LogP contribution in [0.15, 0.2) is 34.3 Å². The lowest BCUT2D eigenvalue weighted by Crippen LogP contribution is -2.09. The quantitative estimate of drug-likeness (QED) is 0.611. The van der Waals surface area contributed by atoms with Crippen LogP contribution in [0.1, 0.15) is 62.8 Å². The number of hydrogen-bond acceptors (Lipinski definition) is 2. The molecule has 0 saturated carbocycles. The Kier molecular flexibility index (Phi) is 8.77. The summed E-state index contributed by atoms with van der Waals surface area (Å²) >= 11 is 1.78. The Labute approximate surface area is 156 Å². The van der Waals surface area contributed by atoms with Gasteiger partial charge in [-0.15, -0.1) is 11.8 Å². The number of fused-ring (bicyclic) bond motifs is 1. The number of rotatable bonds is 5. The van der Waals surface area contributed by atoms with Gasteiger partial charge in [-0.3, -0.25) is 0 Å². The van der Waals surface area contributed by atoms with E-state index in [1.807, 2.05) is 19.9 Å². The van der Waals surface area contributed by atoms with Crippen LogP contribution in [0.5, 0.6) is 0 Å². The molecule has 0 amide bonds. The summed E-state index contributed by atoms with van der Waals surface area (Å²) in [6.45, 7) is 10.4. The topological polar surface area (TPSA) is 37.3 Å². The first-order valence-corrected chi connectivity index (χ1v) is 10.2. The molecule has 0 radical (unpaired) electrons. The van der Waals surface area contributed by atoms with E-state index in [2.05, 4.69) is 51.3 Å². The molecule has 0 aromatic heterocycles. The maximum Gasteiger partial charge on any atom is 0.331 e. The zero-order chi connectivity index (χ0) is 19.0. The van der Waals surface area contributed by atoms with E-state index in [-0.39, 0.29) is 0 Å². The largest absolute Gasteiger partial charge is 0.478 e. The fraction of sp³-hybridized carbons (Fsp3) is 0.409. The Bertz CT molecular complexity index is 709. The predicted octanol–water partition coefficient (Wildman–Crippen LogP) is 6.50. The highest BCUT2D eigenvalue weighted by Gasteiger charge is 2.17. The predicted molar refractivity (Wildman–Crippen MR) is 112 cm³/mol. The van der Waals surface area contributed by atoms with Gasteiger partial charge in [0.2, 0.25) is 0 Å². The number of carboxylic acid groups (broad SMARTS) is 1. The van der Waals surface area contributed by atoms with E-state index in [1.165, 1.54) is 27.2 Å². The van der Waals surface area contributed by atoms with Crippen molar-refractivity contribution in [3.63, 3.8) is 0 Å². The smallest absolute Gasteiger partial charge is 0.331 e. The third-order valence-electron chi connectivity index (χ3n) is 4.43. The lowest BCUT2D eigenvalue weighted by molar-refractivity contribution is -0.132. The third-order valence-corrected chi connectivity index (χ3v) is 5.37. The summed E-state index contributed by atoms with van der Waals surface area (Å²) in [4.78, 5) is 12.5. The molecule has 136 valence electrons. The minimum atomic E-state index is -0.803. The second-order valence-electron chi connectivity index (χ2n) is 5.70. The van der Waals surface area contributed by atoms with Crippen molar-refractivity contribution < 1.29 is 9.90 Å². The molecule has 3 heteroatoms. The molecular weight excluding hydrogens is 328 g/mol. The summed E-state index contributed by atoms with van der Waals surface area (Å²) < 4.78 is 0. The number of carboxylic acids is 1. The molecule has 0 heterocycles. The van der Waals surface area contributed by atoms with Gasteiger partial charge in [0.1, 0.15) is 0 Å². The lowest BCUT2D eigenvalue weighted by atomic mass is 9.86. The molecular formula is C22H30O2S. The van der Waals surface area contributed by atoms with E-state index in [1.54, 1.807) is 11.8 Å². The average molecular weight is 359 g/mol. The third kappa shape index (κ3) is 5.12. The summed E-state index contributed by atoms with van der Waals surface area (Å²) in [6, 6.07) is 4.16. The fourth-order valence-electron chi connectivity index (χ4n) is 3.08.